The van der Waals surface area contributed by atoms with E-state index in [1.165, 1.54) is 18.2 Å². The molecule has 0 amide bonds. The Morgan fingerprint density at radius 3 is 2.58 bits per heavy atom. The van der Waals surface area contributed by atoms with E-state index < -0.39 is 11.6 Å². The number of hydrogen-bond acceptors (Lipinski definition) is 4. The lowest BCUT2D eigenvalue weighted by atomic mass is 10.1. The van der Waals surface area contributed by atoms with Crippen molar-refractivity contribution >= 4 is 29.1 Å². The number of esters is 1. The molecule has 0 saturated carbocycles. The normalized spacial score (nSPS) is 12.3. The van der Waals surface area contributed by atoms with E-state index in [4.69, 9.17) is 22.1 Å². The van der Waals surface area contributed by atoms with E-state index >= 15 is 0 Å². The molecule has 1 rings (SSSR count). The number of rotatable bonds is 3. The van der Waals surface area contributed by atoms with Crippen LogP contribution in [0, 0.1) is 0 Å². The Labute approximate surface area is 117 Å². The number of phenols is 1. The van der Waals surface area contributed by atoms with Gasteiger partial charge < -0.3 is 15.6 Å². The van der Waals surface area contributed by atoms with Crippen LogP contribution in [0.5, 0.6) is 5.75 Å². The minimum absolute atomic E-state index is 0.0628. The van der Waals surface area contributed by atoms with Crippen LogP contribution in [0.25, 0.3) is 0 Å². The highest BCUT2D eigenvalue weighted by Crippen LogP contribution is 2.28. The molecule has 0 radical (unpaired) electrons. The summed E-state index contributed by atoms with van der Waals surface area (Å²) in [5, 5.41) is 9.77. The molecule has 0 bridgehead atoms. The Hall–Kier alpha value is -1.75. The minimum Gasteiger partial charge on any atom is -0.506 e. The number of aromatic hydroxyl groups is 1. The summed E-state index contributed by atoms with van der Waals surface area (Å²) in [6.07, 6.45) is 0. The molecule has 0 saturated heterocycles. The lowest BCUT2D eigenvalue weighted by molar-refractivity contribution is 0.00692. The number of amidine groups is 1. The molecule has 0 aliphatic carbocycles. The van der Waals surface area contributed by atoms with Crippen LogP contribution in [-0.4, -0.2) is 28.4 Å². The molecule has 5 nitrogen and oxygen atoms in total. The van der Waals surface area contributed by atoms with E-state index in [0.29, 0.717) is 0 Å². The molecule has 0 spiro atoms. The fourth-order valence-corrected chi connectivity index (χ4v) is 1.33. The zero-order valence-corrected chi connectivity index (χ0v) is 11.9. The fourth-order valence-electron chi connectivity index (χ4n) is 1.27. The predicted octanol–water partition coefficient (Wildman–Crippen LogP) is 2.58. The second-order valence-corrected chi connectivity index (χ2v) is 5.21. The maximum absolute atomic E-state index is 11.8. The number of aliphatic imine (C=N–C) groups is 1. The minimum atomic E-state index is -0.591. The van der Waals surface area contributed by atoms with Gasteiger partial charge in [0.1, 0.15) is 22.9 Å². The van der Waals surface area contributed by atoms with Crippen LogP contribution in [0.1, 0.15) is 31.1 Å². The van der Waals surface area contributed by atoms with Crippen LogP contribution < -0.4 is 5.73 Å². The summed E-state index contributed by atoms with van der Waals surface area (Å²) < 4.78 is 5.19. The number of benzene rings is 1. The molecular formula is C13H17ClN2O3. The highest BCUT2D eigenvalue weighted by molar-refractivity contribution is 6.28. The number of nitrogens with zero attached hydrogens (tertiary/aromatic N) is 1. The SMILES string of the molecule is CC(C)(C)OC(=O)c1ccc(N=C(N)CCl)c(O)c1. The largest absolute Gasteiger partial charge is 0.506 e. The van der Waals surface area contributed by atoms with Crippen molar-refractivity contribution in [2.75, 3.05) is 5.88 Å². The summed E-state index contributed by atoms with van der Waals surface area (Å²) in [7, 11) is 0. The summed E-state index contributed by atoms with van der Waals surface area (Å²) in [6.45, 7) is 5.31. The van der Waals surface area contributed by atoms with Crippen LogP contribution >= 0.6 is 11.6 Å². The zero-order chi connectivity index (χ0) is 14.6. The molecule has 0 fully saturated rings. The number of nitrogens with two attached hydrogens (primary N) is 1. The quantitative estimate of drug-likeness (QED) is 0.387. The molecule has 0 aromatic heterocycles. The summed E-state index contributed by atoms with van der Waals surface area (Å²) >= 11 is 5.50. The highest BCUT2D eigenvalue weighted by atomic mass is 35.5. The molecule has 3 N–H and O–H groups in total. The van der Waals surface area contributed by atoms with Gasteiger partial charge in [-0.15, -0.1) is 11.6 Å². The third-order valence-corrected chi connectivity index (χ3v) is 2.28. The van der Waals surface area contributed by atoms with Gasteiger partial charge in [-0.1, -0.05) is 0 Å². The first-order chi connectivity index (χ1) is 8.73. The zero-order valence-electron chi connectivity index (χ0n) is 11.1. The highest BCUT2D eigenvalue weighted by Gasteiger charge is 2.18. The van der Waals surface area contributed by atoms with Crippen LogP contribution in [0.3, 0.4) is 0 Å². The lowest BCUT2D eigenvalue weighted by Gasteiger charge is -2.19. The first kappa shape index (κ1) is 15.3. The Kier molecular flexibility index (Phi) is 4.78. The monoisotopic (exact) mass is 284 g/mol. The predicted molar refractivity (Wildman–Crippen MR) is 75.3 cm³/mol. The first-order valence-corrected chi connectivity index (χ1v) is 6.22. The molecule has 1 aromatic carbocycles. The van der Waals surface area contributed by atoms with Crippen molar-refractivity contribution in [2.24, 2.45) is 10.7 Å². The molecule has 0 aliphatic heterocycles. The molecule has 0 aliphatic rings. The molecule has 0 atom stereocenters. The molecule has 0 unspecified atom stereocenters. The van der Waals surface area contributed by atoms with Crippen molar-refractivity contribution in [3.8, 4) is 5.75 Å². The van der Waals surface area contributed by atoms with Gasteiger partial charge in [-0.2, -0.15) is 0 Å². The van der Waals surface area contributed by atoms with Crippen LogP contribution in [-0.2, 0) is 4.74 Å². The van der Waals surface area contributed by atoms with Gasteiger partial charge in [-0.05, 0) is 39.0 Å². The van der Waals surface area contributed by atoms with Crippen LogP contribution in [0.2, 0.25) is 0 Å². The van der Waals surface area contributed by atoms with Gasteiger partial charge >= 0.3 is 5.97 Å². The Morgan fingerprint density at radius 2 is 2.11 bits per heavy atom. The van der Waals surface area contributed by atoms with Crippen molar-refractivity contribution in [3.63, 3.8) is 0 Å². The summed E-state index contributed by atoms with van der Waals surface area (Å²) in [6, 6.07) is 4.27. The van der Waals surface area contributed by atoms with Gasteiger partial charge in [-0.25, -0.2) is 9.79 Å². The summed E-state index contributed by atoms with van der Waals surface area (Å²) in [5.74, 6) is -0.421. The average Bonchev–Trinajstić information content (AvgIpc) is 2.29. The summed E-state index contributed by atoms with van der Waals surface area (Å²) in [4.78, 5) is 15.7. The average molecular weight is 285 g/mol. The first-order valence-electron chi connectivity index (χ1n) is 5.68. The third kappa shape index (κ3) is 4.79. The standard InChI is InChI=1S/C13H17ClN2O3/c1-13(2,3)19-12(18)8-4-5-9(10(17)6-8)16-11(15)7-14/h4-6,17H,7H2,1-3H3,(H2,15,16). The Morgan fingerprint density at radius 1 is 1.47 bits per heavy atom. The molecular weight excluding hydrogens is 268 g/mol. The van der Waals surface area contributed by atoms with Crippen molar-refractivity contribution < 1.29 is 14.6 Å². The lowest BCUT2D eigenvalue weighted by Crippen LogP contribution is -2.23. The second kappa shape index (κ2) is 5.93. The van der Waals surface area contributed by atoms with Gasteiger partial charge in [0.15, 0.2) is 0 Å². The number of carbonyl (C=O) groups is 1. The molecule has 19 heavy (non-hydrogen) atoms. The Bertz CT molecular complexity index is 507. The third-order valence-electron chi connectivity index (χ3n) is 2.01. The smallest absolute Gasteiger partial charge is 0.338 e. The fraction of sp³-hybridized carbons (Fsp3) is 0.385. The van der Waals surface area contributed by atoms with Gasteiger partial charge in [0, 0.05) is 0 Å². The number of ether oxygens (including phenoxy) is 1. The van der Waals surface area contributed by atoms with Crippen LogP contribution in [0.4, 0.5) is 5.69 Å². The molecule has 0 heterocycles. The second-order valence-electron chi connectivity index (χ2n) is 4.94. The van der Waals surface area contributed by atoms with E-state index in [1.54, 1.807) is 20.8 Å². The van der Waals surface area contributed by atoms with Gasteiger partial charge in [0.2, 0.25) is 0 Å². The number of phenolic OH excluding ortho intramolecular Hbond substituents is 1. The van der Waals surface area contributed by atoms with Crippen molar-refractivity contribution in [1.29, 1.82) is 0 Å². The van der Waals surface area contributed by atoms with Gasteiger partial charge in [-0.3, -0.25) is 0 Å². The van der Waals surface area contributed by atoms with Gasteiger partial charge in [0.25, 0.3) is 0 Å². The number of carbonyl (C=O) groups excluding carboxylic acids is 1. The molecule has 6 heteroatoms. The van der Waals surface area contributed by atoms with E-state index in [1.807, 2.05) is 0 Å². The van der Waals surface area contributed by atoms with Crippen molar-refractivity contribution in [1.82, 2.24) is 0 Å². The van der Waals surface area contributed by atoms with Gasteiger partial charge in [0.05, 0.1) is 11.4 Å². The maximum atomic E-state index is 11.8. The van der Waals surface area contributed by atoms with E-state index in [9.17, 15) is 9.90 Å². The van der Waals surface area contributed by atoms with Crippen molar-refractivity contribution in [2.45, 2.75) is 26.4 Å². The Balaban J connectivity index is 2.97. The number of hydrogen-bond donors (Lipinski definition) is 2. The number of alkyl halides is 1. The van der Waals surface area contributed by atoms with E-state index in [2.05, 4.69) is 4.99 Å². The van der Waals surface area contributed by atoms with E-state index in [0.717, 1.165) is 0 Å². The summed E-state index contributed by atoms with van der Waals surface area (Å²) in [5.41, 5.74) is 5.38. The van der Waals surface area contributed by atoms with Crippen LogP contribution in [0.15, 0.2) is 23.2 Å². The van der Waals surface area contributed by atoms with E-state index in [-0.39, 0.29) is 28.7 Å². The van der Waals surface area contributed by atoms with Crippen molar-refractivity contribution in [3.05, 3.63) is 23.8 Å². The number of halogens is 1. The molecule has 1 aromatic rings. The molecule has 104 valence electrons. The maximum Gasteiger partial charge on any atom is 0.338 e. The topological polar surface area (TPSA) is 84.9 Å².